The fourth-order valence-electron chi connectivity index (χ4n) is 3.81. The van der Waals surface area contributed by atoms with Gasteiger partial charge in [0.25, 0.3) is 5.91 Å². The van der Waals surface area contributed by atoms with Gasteiger partial charge in [0.15, 0.2) is 0 Å². The van der Waals surface area contributed by atoms with Crippen LogP contribution in [0.4, 0.5) is 0 Å². The van der Waals surface area contributed by atoms with Gasteiger partial charge in [-0.05, 0) is 62.7 Å². The van der Waals surface area contributed by atoms with Crippen LogP contribution in [-0.2, 0) is 12.8 Å². The van der Waals surface area contributed by atoms with Crippen LogP contribution in [0.3, 0.4) is 0 Å². The molecular formula is C20H23N5O2S. The van der Waals surface area contributed by atoms with Crippen LogP contribution in [-0.4, -0.2) is 43.6 Å². The van der Waals surface area contributed by atoms with Gasteiger partial charge in [0.05, 0.1) is 22.6 Å². The summed E-state index contributed by atoms with van der Waals surface area (Å²) >= 11 is 1.20. The molecule has 1 aliphatic heterocycles. The zero-order valence-electron chi connectivity index (χ0n) is 16.3. The molecule has 4 rings (SSSR count). The van der Waals surface area contributed by atoms with Gasteiger partial charge in [-0.2, -0.15) is 0 Å². The number of aromatic nitrogens is 4. The second-order valence-corrected chi connectivity index (χ2v) is 7.98. The maximum Gasteiger partial charge on any atom is 0.267 e. The molecular weight excluding hydrogens is 374 g/mol. The van der Waals surface area contributed by atoms with Gasteiger partial charge in [0.2, 0.25) is 0 Å². The van der Waals surface area contributed by atoms with Crippen molar-refractivity contribution < 1.29 is 9.32 Å². The normalized spacial score (nSPS) is 16.7. The number of rotatable bonds is 5. The van der Waals surface area contributed by atoms with E-state index in [2.05, 4.69) is 20.8 Å². The molecule has 1 fully saturated rings. The fourth-order valence-corrected chi connectivity index (χ4v) is 4.53. The first-order valence-electron chi connectivity index (χ1n) is 9.56. The lowest BCUT2D eigenvalue weighted by Gasteiger charge is -2.16. The monoisotopic (exact) mass is 397 g/mol. The molecule has 1 atom stereocenters. The molecule has 8 heteroatoms. The molecule has 28 heavy (non-hydrogen) atoms. The zero-order valence-corrected chi connectivity index (χ0v) is 17.1. The van der Waals surface area contributed by atoms with E-state index in [0.717, 1.165) is 66.5 Å². The molecule has 3 aromatic rings. The van der Waals surface area contributed by atoms with Gasteiger partial charge in [0, 0.05) is 18.8 Å². The van der Waals surface area contributed by atoms with Gasteiger partial charge in [-0.15, -0.1) is 5.10 Å². The Morgan fingerprint density at radius 3 is 2.96 bits per heavy atom. The third-order valence-corrected chi connectivity index (χ3v) is 6.01. The first-order chi connectivity index (χ1) is 13.6. The van der Waals surface area contributed by atoms with Crippen LogP contribution in [0, 0.1) is 19.8 Å². The molecule has 7 nitrogen and oxygen atoms in total. The van der Waals surface area contributed by atoms with Gasteiger partial charge < -0.3 is 9.42 Å². The predicted octanol–water partition coefficient (Wildman–Crippen LogP) is 3.47. The van der Waals surface area contributed by atoms with Crippen molar-refractivity contribution in [1.29, 1.82) is 0 Å². The second kappa shape index (κ2) is 7.79. The molecule has 0 N–H and O–H groups in total. The summed E-state index contributed by atoms with van der Waals surface area (Å²) in [7, 11) is 0. The lowest BCUT2D eigenvalue weighted by molar-refractivity contribution is 0.0790. The maximum atomic E-state index is 12.8. The Morgan fingerprint density at radius 2 is 2.21 bits per heavy atom. The van der Waals surface area contributed by atoms with Crippen LogP contribution >= 0.6 is 11.5 Å². The summed E-state index contributed by atoms with van der Waals surface area (Å²) < 4.78 is 9.22. The van der Waals surface area contributed by atoms with Gasteiger partial charge in [-0.3, -0.25) is 9.78 Å². The molecule has 4 heterocycles. The summed E-state index contributed by atoms with van der Waals surface area (Å²) in [6.45, 7) is 7.35. The average Bonchev–Trinajstić information content (AvgIpc) is 3.42. The fraction of sp³-hybridized carbons (Fsp3) is 0.450. The van der Waals surface area contributed by atoms with Crippen molar-refractivity contribution in [3.05, 3.63) is 45.9 Å². The smallest absolute Gasteiger partial charge is 0.267 e. The maximum absolute atomic E-state index is 12.8. The number of aryl methyl sites for hydroxylation is 3. The van der Waals surface area contributed by atoms with E-state index in [1.807, 2.05) is 37.8 Å². The Bertz CT molecular complexity index is 977. The molecule has 0 bridgehead atoms. The minimum absolute atomic E-state index is 0.0618. The van der Waals surface area contributed by atoms with E-state index in [0.29, 0.717) is 10.8 Å². The molecule has 1 aliphatic rings. The summed E-state index contributed by atoms with van der Waals surface area (Å²) in [6.07, 6.45) is 2.56. The number of hydrogen-bond donors (Lipinski definition) is 0. The molecule has 1 amide bonds. The highest BCUT2D eigenvalue weighted by atomic mass is 32.1. The lowest BCUT2D eigenvalue weighted by atomic mass is 10.0. The third-order valence-electron chi connectivity index (χ3n) is 5.25. The van der Waals surface area contributed by atoms with Crippen molar-refractivity contribution in [1.82, 2.24) is 24.6 Å². The number of amides is 1. The molecule has 0 unspecified atom stereocenters. The van der Waals surface area contributed by atoms with E-state index < -0.39 is 0 Å². The van der Waals surface area contributed by atoms with Crippen molar-refractivity contribution >= 4 is 17.4 Å². The van der Waals surface area contributed by atoms with Crippen LogP contribution in [0.5, 0.6) is 0 Å². The third kappa shape index (κ3) is 3.56. The molecule has 0 saturated carbocycles. The van der Waals surface area contributed by atoms with E-state index in [1.54, 1.807) is 0 Å². The predicted molar refractivity (Wildman–Crippen MR) is 106 cm³/mol. The first kappa shape index (κ1) is 18.7. The summed E-state index contributed by atoms with van der Waals surface area (Å²) in [5.41, 5.74) is 4.54. The Balaban J connectivity index is 1.45. The van der Waals surface area contributed by atoms with Crippen LogP contribution in [0.15, 0.2) is 22.7 Å². The number of pyridine rings is 1. The number of carbonyl (C=O) groups excluding carboxylic acids is 1. The van der Waals surface area contributed by atoms with Crippen molar-refractivity contribution in [2.45, 2.75) is 40.0 Å². The number of carbonyl (C=O) groups is 1. The van der Waals surface area contributed by atoms with E-state index >= 15 is 0 Å². The Morgan fingerprint density at radius 1 is 1.36 bits per heavy atom. The number of hydrogen-bond acceptors (Lipinski definition) is 7. The highest BCUT2D eigenvalue weighted by Crippen LogP contribution is 2.27. The molecule has 1 saturated heterocycles. The van der Waals surface area contributed by atoms with E-state index in [9.17, 15) is 4.79 Å². The van der Waals surface area contributed by atoms with Crippen molar-refractivity contribution in [3.63, 3.8) is 0 Å². The molecule has 146 valence electrons. The van der Waals surface area contributed by atoms with Crippen molar-refractivity contribution in [3.8, 4) is 11.3 Å². The van der Waals surface area contributed by atoms with Crippen LogP contribution < -0.4 is 0 Å². The Hall–Kier alpha value is -2.61. The largest absolute Gasteiger partial charge is 0.361 e. The molecule has 0 aromatic carbocycles. The Kier molecular flexibility index (Phi) is 5.21. The van der Waals surface area contributed by atoms with Crippen LogP contribution in [0.25, 0.3) is 11.3 Å². The van der Waals surface area contributed by atoms with Crippen LogP contribution in [0.1, 0.15) is 45.9 Å². The van der Waals surface area contributed by atoms with Crippen molar-refractivity contribution in [2.24, 2.45) is 5.92 Å². The van der Waals surface area contributed by atoms with Gasteiger partial charge in [-0.1, -0.05) is 22.6 Å². The van der Waals surface area contributed by atoms with E-state index in [-0.39, 0.29) is 5.91 Å². The number of nitrogens with zero attached hydrogens (tertiary/aromatic N) is 5. The Labute approximate surface area is 167 Å². The molecule has 0 radical (unpaired) electrons. The summed E-state index contributed by atoms with van der Waals surface area (Å²) in [5, 5.41) is 8.09. The second-order valence-electron chi connectivity index (χ2n) is 7.23. The summed E-state index contributed by atoms with van der Waals surface area (Å²) in [5.74, 6) is 1.25. The summed E-state index contributed by atoms with van der Waals surface area (Å²) in [6, 6.07) is 6.07. The van der Waals surface area contributed by atoms with Gasteiger partial charge in [-0.25, -0.2) is 0 Å². The highest BCUT2D eigenvalue weighted by Gasteiger charge is 2.29. The van der Waals surface area contributed by atoms with E-state index in [1.165, 1.54) is 11.5 Å². The van der Waals surface area contributed by atoms with E-state index in [4.69, 9.17) is 9.51 Å². The lowest BCUT2D eigenvalue weighted by Crippen LogP contribution is -2.29. The topological polar surface area (TPSA) is 85.0 Å². The van der Waals surface area contributed by atoms with Crippen LogP contribution in [0.2, 0.25) is 0 Å². The van der Waals surface area contributed by atoms with Crippen molar-refractivity contribution in [2.75, 3.05) is 13.1 Å². The minimum atomic E-state index is 0.0618. The zero-order chi connectivity index (χ0) is 19.7. The highest BCUT2D eigenvalue weighted by molar-refractivity contribution is 7.08. The number of likely N-dealkylation sites (tertiary alicyclic amines) is 1. The molecule has 0 spiro atoms. The van der Waals surface area contributed by atoms with Gasteiger partial charge >= 0.3 is 0 Å². The summed E-state index contributed by atoms with van der Waals surface area (Å²) in [4.78, 5) is 20.2. The molecule has 0 aliphatic carbocycles. The molecule has 3 aromatic heterocycles. The average molecular weight is 398 g/mol. The minimum Gasteiger partial charge on any atom is -0.361 e. The first-order valence-corrected chi connectivity index (χ1v) is 10.3. The SMILES string of the molecule is CCc1nnsc1C(=O)N1CC[C@H](Cc2cccc(-c3c(C)noc3C)n2)C1. The standard InChI is InChI=1S/C20H23N5O2S/c1-4-16-19(28-24-22-16)20(26)25-9-8-14(11-25)10-15-6-5-7-17(21-15)18-12(2)23-27-13(18)3/h5-7,14H,4,8-11H2,1-3H3/t14-/m1/s1. The van der Waals surface area contributed by atoms with Gasteiger partial charge in [0.1, 0.15) is 10.6 Å². The quantitative estimate of drug-likeness (QED) is 0.655.